The van der Waals surface area contributed by atoms with E-state index in [-0.39, 0.29) is 23.6 Å². The third-order valence-electron chi connectivity index (χ3n) is 4.70. The Morgan fingerprint density at radius 3 is 2.57 bits per heavy atom. The molecule has 0 spiro atoms. The number of nitrogens with zero attached hydrogens (tertiary/aromatic N) is 2. The molecule has 0 aliphatic carbocycles. The number of aromatic nitrogens is 1. The Kier molecular flexibility index (Phi) is 6.41. The monoisotopic (exact) mass is 400 g/mol. The van der Waals surface area contributed by atoms with Gasteiger partial charge in [-0.15, -0.1) is 11.3 Å². The molecule has 2 aromatic rings. The summed E-state index contributed by atoms with van der Waals surface area (Å²) in [5.41, 5.74) is 1.04. The molecule has 0 aromatic carbocycles. The Balaban J connectivity index is 1.50. The molecule has 8 heteroatoms. The van der Waals surface area contributed by atoms with E-state index in [1.807, 2.05) is 19.1 Å². The average Bonchev–Trinajstić information content (AvgIpc) is 3.17. The van der Waals surface area contributed by atoms with E-state index < -0.39 is 0 Å². The molecule has 1 fully saturated rings. The minimum Gasteiger partial charge on any atom is -0.351 e. The first-order chi connectivity index (χ1) is 13.4. The zero-order chi connectivity index (χ0) is 20.1. The molecule has 28 heavy (non-hydrogen) atoms. The highest BCUT2D eigenvalue weighted by Crippen LogP contribution is 2.23. The molecule has 1 aliphatic heterocycles. The van der Waals surface area contributed by atoms with Gasteiger partial charge in [-0.2, -0.15) is 0 Å². The van der Waals surface area contributed by atoms with E-state index in [1.54, 1.807) is 23.2 Å². The second kappa shape index (κ2) is 8.97. The van der Waals surface area contributed by atoms with Gasteiger partial charge in [0.15, 0.2) is 0 Å². The maximum absolute atomic E-state index is 12.7. The number of hydrogen-bond donors (Lipinski definition) is 2. The summed E-state index contributed by atoms with van der Waals surface area (Å²) in [5, 5.41) is 5.59. The van der Waals surface area contributed by atoms with Gasteiger partial charge in [-0.25, -0.2) is 4.98 Å². The van der Waals surface area contributed by atoms with Crippen LogP contribution in [0, 0.1) is 12.8 Å². The molecule has 3 heterocycles. The highest BCUT2D eigenvalue weighted by Gasteiger charge is 2.28. The highest BCUT2D eigenvalue weighted by molar-refractivity contribution is 7.14. The van der Waals surface area contributed by atoms with Crippen molar-refractivity contribution in [3.63, 3.8) is 0 Å². The van der Waals surface area contributed by atoms with Gasteiger partial charge in [0, 0.05) is 37.0 Å². The van der Waals surface area contributed by atoms with Crippen molar-refractivity contribution in [1.82, 2.24) is 15.2 Å². The van der Waals surface area contributed by atoms with Gasteiger partial charge in [0.25, 0.3) is 5.91 Å². The quantitative estimate of drug-likeness (QED) is 0.807. The van der Waals surface area contributed by atoms with Crippen LogP contribution in [0.4, 0.5) is 5.82 Å². The van der Waals surface area contributed by atoms with Crippen LogP contribution in [0.25, 0.3) is 0 Å². The third kappa shape index (κ3) is 5.16. The Bertz CT molecular complexity index is 855. The molecule has 0 bridgehead atoms. The number of likely N-dealkylation sites (tertiary alicyclic amines) is 1. The molecular weight excluding hydrogens is 376 g/mol. The van der Waals surface area contributed by atoms with Crippen molar-refractivity contribution < 1.29 is 14.4 Å². The van der Waals surface area contributed by atoms with Crippen molar-refractivity contribution in [2.45, 2.75) is 33.2 Å². The normalized spacial score (nSPS) is 14.6. The predicted octanol–water partition coefficient (Wildman–Crippen LogP) is 2.58. The number of nitrogens with one attached hydrogen (secondary N) is 2. The number of carbonyl (C=O) groups excluding carboxylic acids is 3. The number of carbonyl (C=O) groups is 3. The maximum Gasteiger partial charge on any atom is 0.263 e. The molecule has 1 saturated heterocycles. The lowest BCUT2D eigenvalue weighted by Gasteiger charge is -2.31. The first-order valence-electron chi connectivity index (χ1n) is 9.28. The second-order valence-corrected chi connectivity index (χ2v) is 8.12. The van der Waals surface area contributed by atoms with Gasteiger partial charge in [0.1, 0.15) is 5.82 Å². The fraction of sp³-hybridized carbons (Fsp3) is 0.400. The van der Waals surface area contributed by atoms with Gasteiger partial charge in [0.2, 0.25) is 11.8 Å². The van der Waals surface area contributed by atoms with Gasteiger partial charge in [-0.3, -0.25) is 14.4 Å². The zero-order valence-electron chi connectivity index (χ0n) is 16.0. The molecule has 0 saturated carbocycles. The predicted molar refractivity (Wildman–Crippen MR) is 108 cm³/mol. The zero-order valence-corrected chi connectivity index (χ0v) is 16.8. The van der Waals surface area contributed by atoms with Crippen molar-refractivity contribution in [3.8, 4) is 0 Å². The minimum atomic E-state index is -0.120. The van der Waals surface area contributed by atoms with E-state index in [0.29, 0.717) is 43.2 Å². The summed E-state index contributed by atoms with van der Waals surface area (Å²) in [4.78, 5) is 43.7. The molecule has 1 aliphatic rings. The fourth-order valence-electron chi connectivity index (χ4n) is 3.07. The Morgan fingerprint density at radius 1 is 1.18 bits per heavy atom. The average molecular weight is 401 g/mol. The second-order valence-electron chi connectivity index (χ2n) is 6.95. The molecule has 3 rings (SSSR count). The maximum atomic E-state index is 12.7. The van der Waals surface area contributed by atoms with Crippen LogP contribution in [0.15, 0.2) is 30.5 Å². The van der Waals surface area contributed by atoms with Crippen LogP contribution in [0.2, 0.25) is 0 Å². The van der Waals surface area contributed by atoms with Gasteiger partial charge in [-0.1, -0.05) is 6.07 Å². The summed E-state index contributed by atoms with van der Waals surface area (Å²) in [6, 6.07) is 7.36. The number of thiophene rings is 1. The molecule has 0 atom stereocenters. The summed E-state index contributed by atoms with van der Waals surface area (Å²) < 4.78 is 0. The molecule has 3 amide bonds. The molecule has 7 nitrogen and oxygen atoms in total. The molecule has 2 aromatic heterocycles. The smallest absolute Gasteiger partial charge is 0.263 e. The fourth-order valence-corrected chi connectivity index (χ4v) is 3.99. The van der Waals surface area contributed by atoms with Gasteiger partial charge in [0.05, 0.1) is 11.4 Å². The number of anilines is 1. The van der Waals surface area contributed by atoms with E-state index in [9.17, 15) is 14.4 Å². The number of piperidine rings is 1. The lowest BCUT2D eigenvalue weighted by Crippen LogP contribution is -2.41. The van der Waals surface area contributed by atoms with Crippen molar-refractivity contribution in [1.29, 1.82) is 0 Å². The van der Waals surface area contributed by atoms with Crippen LogP contribution in [-0.2, 0) is 16.1 Å². The summed E-state index contributed by atoms with van der Waals surface area (Å²) in [5.74, 6) is 0.281. The topological polar surface area (TPSA) is 91.4 Å². The number of amides is 3. The van der Waals surface area contributed by atoms with Crippen LogP contribution in [0.3, 0.4) is 0 Å². The molecular formula is C20H24N4O3S. The Hall–Kier alpha value is -2.74. The van der Waals surface area contributed by atoms with Crippen LogP contribution in [0.5, 0.6) is 0 Å². The molecule has 148 valence electrons. The first-order valence-corrected chi connectivity index (χ1v) is 10.1. The van der Waals surface area contributed by atoms with Gasteiger partial charge < -0.3 is 15.5 Å². The van der Waals surface area contributed by atoms with Crippen molar-refractivity contribution in [2.24, 2.45) is 5.92 Å². The van der Waals surface area contributed by atoms with E-state index in [0.717, 1.165) is 10.4 Å². The number of aryl methyl sites for hydroxylation is 1. The summed E-state index contributed by atoms with van der Waals surface area (Å²) in [7, 11) is 0. The Labute approximate surface area is 168 Å². The Morgan fingerprint density at radius 2 is 1.93 bits per heavy atom. The summed E-state index contributed by atoms with van der Waals surface area (Å²) in [6.07, 6.45) is 2.99. The van der Waals surface area contributed by atoms with Crippen LogP contribution in [0.1, 0.15) is 39.9 Å². The largest absolute Gasteiger partial charge is 0.351 e. The standard InChI is InChI=1S/C20H24N4O3S/c1-13-3-6-18(22-11-13)23-19(26)15-7-9-24(10-8-15)20(27)17-5-4-16(28-17)12-21-14(2)25/h3-6,11,15H,7-10,12H2,1-2H3,(H,21,25)(H,22,23,26). The highest BCUT2D eigenvalue weighted by atomic mass is 32.1. The van der Waals surface area contributed by atoms with E-state index >= 15 is 0 Å². The van der Waals surface area contributed by atoms with Crippen LogP contribution >= 0.6 is 11.3 Å². The number of pyridine rings is 1. The first kappa shape index (κ1) is 20.0. The summed E-state index contributed by atoms with van der Waals surface area (Å²) >= 11 is 1.39. The van der Waals surface area contributed by atoms with Crippen molar-refractivity contribution in [2.75, 3.05) is 18.4 Å². The number of rotatable bonds is 5. The minimum absolute atomic E-state index is 0.0156. The molecule has 0 radical (unpaired) electrons. The number of hydrogen-bond acceptors (Lipinski definition) is 5. The van der Waals surface area contributed by atoms with E-state index in [2.05, 4.69) is 15.6 Å². The van der Waals surface area contributed by atoms with Crippen LogP contribution in [-0.4, -0.2) is 40.7 Å². The SMILES string of the molecule is CC(=O)NCc1ccc(C(=O)N2CCC(C(=O)Nc3ccc(C)cn3)CC2)s1. The third-order valence-corrected chi connectivity index (χ3v) is 5.77. The van der Waals surface area contributed by atoms with Crippen molar-refractivity contribution >= 4 is 34.9 Å². The lowest BCUT2D eigenvalue weighted by atomic mass is 9.96. The van der Waals surface area contributed by atoms with Gasteiger partial charge >= 0.3 is 0 Å². The lowest BCUT2D eigenvalue weighted by molar-refractivity contribution is -0.121. The van der Waals surface area contributed by atoms with E-state index in [4.69, 9.17) is 0 Å². The van der Waals surface area contributed by atoms with Crippen molar-refractivity contribution in [3.05, 3.63) is 45.8 Å². The summed E-state index contributed by atoms with van der Waals surface area (Å²) in [6.45, 7) is 4.95. The van der Waals surface area contributed by atoms with Gasteiger partial charge in [-0.05, 0) is 43.5 Å². The van der Waals surface area contributed by atoms with E-state index in [1.165, 1.54) is 18.3 Å². The molecule has 2 N–H and O–H groups in total. The molecule has 0 unspecified atom stereocenters. The van der Waals surface area contributed by atoms with Crippen LogP contribution < -0.4 is 10.6 Å².